The van der Waals surface area contributed by atoms with Crippen LogP contribution in [0, 0.1) is 0 Å². The zero-order chi connectivity index (χ0) is 15.7. The molecule has 0 unspecified atom stereocenters. The van der Waals surface area contributed by atoms with E-state index in [0.29, 0.717) is 12.4 Å². The second-order valence-electron chi connectivity index (χ2n) is 5.77. The topological polar surface area (TPSA) is 42.7 Å². The highest BCUT2D eigenvalue weighted by atomic mass is 19.4. The van der Waals surface area contributed by atoms with Crippen molar-refractivity contribution in [2.45, 2.75) is 39.0 Å². The third-order valence-corrected chi connectivity index (χ3v) is 2.75. The molecule has 0 fully saturated rings. The molecule has 2 rings (SSSR count). The van der Waals surface area contributed by atoms with E-state index in [1.807, 2.05) is 26.8 Å². The molecule has 0 saturated carbocycles. The first-order chi connectivity index (χ1) is 9.65. The minimum Gasteiger partial charge on any atom is -0.308 e. The average molecular weight is 298 g/mol. The lowest BCUT2D eigenvalue weighted by atomic mass is 10.1. The van der Waals surface area contributed by atoms with Crippen molar-refractivity contribution in [2.75, 3.05) is 0 Å². The van der Waals surface area contributed by atoms with E-state index >= 15 is 0 Å². The van der Waals surface area contributed by atoms with Gasteiger partial charge >= 0.3 is 6.18 Å². The predicted molar refractivity (Wildman–Crippen MR) is 73.0 cm³/mol. The maximum Gasteiger partial charge on any atom is 0.435 e. The van der Waals surface area contributed by atoms with Crippen LogP contribution >= 0.6 is 0 Å². The van der Waals surface area contributed by atoms with Gasteiger partial charge in [-0.15, -0.1) is 0 Å². The minimum absolute atomic E-state index is 0.0431. The molecule has 0 bridgehead atoms. The number of halogens is 3. The summed E-state index contributed by atoms with van der Waals surface area (Å²) < 4.78 is 38.8. The zero-order valence-electron chi connectivity index (χ0n) is 12.1. The number of hydrogen-bond donors (Lipinski definition) is 1. The second kappa shape index (κ2) is 5.48. The first-order valence-electron chi connectivity index (χ1n) is 6.48. The Morgan fingerprint density at radius 3 is 2.48 bits per heavy atom. The molecule has 2 aromatic rings. The predicted octanol–water partition coefficient (Wildman–Crippen LogP) is 3.17. The summed E-state index contributed by atoms with van der Waals surface area (Å²) in [5.41, 5.74) is -0.0417. The summed E-state index contributed by atoms with van der Waals surface area (Å²) in [5.74, 6) is 0.360. The highest BCUT2D eigenvalue weighted by Crippen LogP contribution is 2.27. The summed E-state index contributed by atoms with van der Waals surface area (Å²) >= 11 is 0. The van der Waals surface area contributed by atoms with Gasteiger partial charge in [0.1, 0.15) is 0 Å². The van der Waals surface area contributed by atoms with Crippen LogP contribution in [0.1, 0.15) is 32.0 Å². The van der Waals surface area contributed by atoms with Crippen molar-refractivity contribution >= 4 is 0 Å². The Hall–Kier alpha value is -1.89. The van der Waals surface area contributed by atoms with E-state index < -0.39 is 11.9 Å². The van der Waals surface area contributed by atoms with Gasteiger partial charge in [-0.2, -0.15) is 18.3 Å². The highest BCUT2D eigenvalue weighted by Gasteiger charge is 2.33. The first-order valence-corrected chi connectivity index (χ1v) is 6.48. The summed E-state index contributed by atoms with van der Waals surface area (Å²) in [6.07, 6.45) is -1.63. The molecule has 1 N–H and O–H groups in total. The van der Waals surface area contributed by atoms with Crippen LogP contribution in [0.25, 0.3) is 5.82 Å². The summed E-state index contributed by atoms with van der Waals surface area (Å²) in [7, 11) is 0. The van der Waals surface area contributed by atoms with Gasteiger partial charge in [0.25, 0.3) is 0 Å². The quantitative estimate of drug-likeness (QED) is 0.946. The van der Waals surface area contributed by atoms with E-state index in [0.717, 1.165) is 16.3 Å². The lowest BCUT2D eigenvalue weighted by Gasteiger charge is -2.20. The number of rotatable bonds is 3. The fraction of sp³-hybridized carbons (Fsp3) is 0.429. The van der Waals surface area contributed by atoms with Crippen LogP contribution in [-0.4, -0.2) is 20.3 Å². The number of hydrogen-bond acceptors (Lipinski definition) is 3. The van der Waals surface area contributed by atoms with Gasteiger partial charge in [-0.3, -0.25) is 0 Å². The van der Waals surface area contributed by atoms with Crippen molar-refractivity contribution in [1.82, 2.24) is 20.1 Å². The van der Waals surface area contributed by atoms with Gasteiger partial charge in [-0.1, -0.05) is 0 Å². The molecule has 4 nitrogen and oxygen atoms in total. The van der Waals surface area contributed by atoms with Gasteiger partial charge in [0.05, 0.1) is 0 Å². The minimum atomic E-state index is -4.45. The highest BCUT2D eigenvalue weighted by molar-refractivity contribution is 5.27. The Bertz CT molecular complexity index is 611. The van der Waals surface area contributed by atoms with Crippen LogP contribution in [0.15, 0.2) is 30.6 Å². The van der Waals surface area contributed by atoms with Crippen molar-refractivity contribution in [1.29, 1.82) is 0 Å². The average Bonchev–Trinajstić information content (AvgIpc) is 2.85. The Morgan fingerprint density at radius 1 is 1.19 bits per heavy atom. The Balaban J connectivity index is 2.19. The van der Waals surface area contributed by atoms with Crippen LogP contribution in [0.4, 0.5) is 13.2 Å². The largest absolute Gasteiger partial charge is 0.435 e. The standard InChI is InChI=1S/C14H17F3N4/c1-13(2,3)19-9-10-4-6-18-12(8-10)21-7-5-11(20-21)14(15,16)17/h4-8,19H,9H2,1-3H3. The van der Waals surface area contributed by atoms with Gasteiger partial charge in [-0.05, 0) is 44.5 Å². The summed E-state index contributed by atoms with van der Waals surface area (Å²) in [4.78, 5) is 4.05. The lowest BCUT2D eigenvalue weighted by Crippen LogP contribution is -2.35. The number of aromatic nitrogens is 3. The fourth-order valence-corrected chi connectivity index (χ4v) is 1.67. The van der Waals surface area contributed by atoms with Gasteiger partial charge in [0, 0.05) is 24.5 Å². The van der Waals surface area contributed by atoms with Crippen LogP contribution in [0.3, 0.4) is 0 Å². The molecule has 0 saturated heterocycles. The molecule has 2 heterocycles. The van der Waals surface area contributed by atoms with Gasteiger partial charge in [-0.25, -0.2) is 9.67 Å². The van der Waals surface area contributed by atoms with Gasteiger partial charge < -0.3 is 5.32 Å². The van der Waals surface area contributed by atoms with Gasteiger partial charge in [0.15, 0.2) is 11.5 Å². The normalized spacial score (nSPS) is 12.7. The number of nitrogens with zero attached hydrogens (tertiary/aromatic N) is 3. The third kappa shape index (κ3) is 4.29. The summed E-state index contributed by atoms with van der Waals surface area (Å²) in [6.45, 7) is 6.72. The Morgan fingerprint density at radius 2 is 1.90 bits per heavy atom. The van der Waals surface area contributed by atoms with Crippen molar-refractivity contribution < 1.29 is 13.2 Å². The van der Waals surface area contributed by atoms with E-state index in [2.05, 4.69) is 15.4 Å². The maximum absolute atomic E-state index is 12.5. The molecule has 114 valence electrons. The molecule has 0 radical (unpaired) electrons. The Kier molecular flexibility index (Phi) is 4.04. The maximum atomic E-state index is 12.5. The summed E-state index contributed by atoms with van der Waals surface area (Å²) in [5, 5.41) is 6.82. The van der Waals surface area contributed by atoms with Crippen molar-refractivity contribution in [2.24, 2.45) is 0 Å². The molecule has 0 aliphatic heterocycles. The molecular formula is C14H17F3N4. The van der Waals surface area contributed by atoms with Crippen molar-refractivity contribution in [3.8, 4) is 5.82 Å². The molecule has 0 amide bonds. The molecule has 21 heavy (non-hydrogen) atoms. The van der Waals surface area contributed by atoms with Crippen molar-refractivity contribution in [3.05, 3.63) is 41.9 Å². The van der Waals surface area contributed by atoms with E-state index in [1.54, 1.807) is 12.3 Å². The molecule has 0 aromatic carbocycles. The number of alkyl halides is 3. The van der Waals surface area contributed by atoms with E-state index in [1.165, 1.54) is 6.20 Å². The van der Waals surface area contributed by atoms with Crippen LogP contribution in [-0.2, 0) is 12.7 Å². The monoisotopic (exact) mass is 298 g/mol. The smallest absolute Gasteiger partial charge is 0.308 e. The zero-order valence-corrected chi connectivity index (χ0v) is 12.1. The van der Waals surface area contributed by atoms with E-state index in [-0.39, 0.29) is 5.54 Å². The third-order valence-electron chi connectivity index (χ3n) is 2.75. The molecule has 0 spiro atoms. The van der Waals surface area contributed by atoms with Gasteiger partial charge in [0.2, 0.25) is 0 Å². The van der Waals surface area contributed by atoms with E-state index in [9.17, 15) is 13.2 Å². The molecule has 0 atom stereocenters. The van der Waals surface area contributed by atoms with Crippen LogP contribution in [0.2, 0.25) is 0 Å². The molecule has 0 aliphatic carbocycles. The molecule has 0 aliphatic rings. The number of nitrogens with one attached hydrogen (secondary N) is 1. The SMILES string of the molecule is CC(C)(C)NCc1ccnc(-n2ccc(C(F)(F)F)n2)c1. The van der Waals surface area contributed by atoms with Crippen LogP contribution in [0.5, 0.6) is 0 Å². The second-order valence-corrected chi connectivity index (χ2v) is 5.77. The Labute approximate surface area is 121 Å². The molecular weight excluding hydrogens is 281 g/mol. The molecule has 7 heteroatoms. The molecule has 2 aromatic heterocycles. The first kappa shape index (κ1) is 15.5. The lowest BCUT2D eigenvalue weighted by molar-refractivity contribution is -0.141. The summed E-state index contributed by atoms with van der Waals surface area (Å²) in [6, 6.07) is 4.46. The van der Waals surface area contributed by atoms with E-state index in [4.69, 9.17) is 0 Å². The van der Waals surface area contributed by atoms with Crippen LogP contribution < -0.4 is 5.32 Å². The number of pyridine rings is 1. The fourth-order valence-electron chi connectivity index (χ4n) is 1.67. The van der Waals surface area contributed by atoms with Crippen molar-refractivity contribution in [3.63, 3.8) is 0 Å².